The van der Waals surface area contributed by atoms with Gasteiger partial charge < -0.3 is 5.11 Å². The number of alkyl halides is 3. The van der Waals surface area contributed by atoms with Crippen LogP contribution in [0.25, 0.3) is 0 Å². The Hall–Kier alpha value is -1.57. The monoisotopic (exact) mass is 253 g/mol. The highest BCUT2D eigenvalue weighted by Crippen LogP contribution is 2.33. The van der Waals surface area contributed by atoms with E-state index in [-0.39, 0.29) is 17.9 Å². The summed E-state index contributed by atoms with van der Waals surface area (Å²) in [4.78, 5) is 19.8. The second-order valence-corrected chi connectivity index (χ2v) is 3.71. The molecule has 1 aromatic rings. The van der Waals surface area contributed by atoms with Gasteiger partial charge in [0.1, 0.15) is 4.88 Å². The minimum absolute atomic E-state index is 0.0560. The molecule has 1 N–H and O–H groups in total. The molecule has 0 saturated heterocycles. The third kappa shape index (κ3) is 2.16. The van der Waals surface area contributed by atoms with Gasteiger partial charge in [-0.25, -0.2) is 4.79 Å². The van der Waals surface area contributed by atoms with Gasteiger partial charge in [0.05, 0.1) is 0 Å². The number of halogens is 3. The van der Waals surface area contributed by atoms with Gasteiger partial charge in [-0.15, -0.1) is 6.58 Å². The smallest absolute Gasteiger partial charge is 0.433 e. The summed E-state index contributed by atoms with van der Waals surface area (Å²) in [5.41, 5.74) is -1.44. The number of carboxylic acids is 1. The van der Waals surface area contributed by atoms with Crippen LogP contribution in [0.5, 0.6) is 0 Å². The van der Waals surface area contributed by atoms with Gasteiger partial charge in [-0.2, -0.15) is 13.2 Å². The van der Waals surface area contributed by atoms with Crippen LogP contribution >= 0.6 is 11.3 Å². The molecule has 88 valence electrons. The molecule has 1 heterocycles. The normalized spacial score (nSPS) is 11.4. The number of hydrogen-bond donors (Lipinski definition) is 1. The number of carboxylic acid groups (broad SMARTS) is 1. The Labute approximate surface area is 91.3 Å². The van der Waals surface area contributed by atoms with Crippen LogP contribution < -0.4 is 4.87 Å². The summed E-state index contributed by atoms with van der Waals surface area (Å²) in [6.45, 7) is 2.83. The lowest BCUT2D eigenvalue weighted by Gasteiger charge is -2.09. The van der Waals surface area contributed by atoms with Gasteiger partial charge in [0, 0.05) is 6.54 Å². The maximum Gasteiger partial charge on any atom is 0.433 e. The van der Waals surface area contributed by atoms with E-state index in [0.29, 0.717) is 4.57 Å². The van der Waals surface area contributed by atoms with Crippen LogP contribution in [0.15, 0.2) is 17.4 Å². The fraction of sp³-hybridized carbons (Fsp3) is 0.250. The van der Waals surface area contributed by atoms with E-state index in [1.165, 1.54) is 0 Å². The van der Waals surface area contributed by atoms with Gasteiger partial charge in [-0.1, -0.05) is 17.4 Å². The Morgan fingerprint density at radius 2 is 2.12 bits per heavy atom. The first-order chi connectivity index (χ1) is 7.29. The molecule has 0 saturated carbocycles. The Bertz CT molecular complexity index is 486. The quantitative estimate of drug-likeness (QED) is 0.836. The Balaban J connectivity index is 3.55. The van der Waals surface area contributed by atoms with E-state index in [4.69, 9.17) is 5.11 Å². The predicted molar refractivity (Wildman–Crippen MR) is 50.7 cm³/mol. The molecule has 0 atom stereocenters. The highest BCUT2D eigenvalue weighted by molar-refractivity contribution is 7.11. The van der Waals surface area contributed by atoms with Crippen LogP contribution in [-0.2, 0) is 12.7 Å². The van der Waals surface area contributed by atoms with Crippen LogP contribution in [0.4, 0.5) is 13.2 Å². The van der Waals surface area contributed by atoms with Crippen molar-refractivity contribution in [2.24, 2.45) is 0 Å². The summed E-state index contributed by atoms with van der Waals surface area (Å²) < 4.78 is 38.0. The van der Waals surface area contributed by atoms with E-state index in [9.17, 15) is 22.8 Å². The number of rotatable bonds is 3. The number of aromatic carboxylic acids is 1. The second kappa shape index (κ2) is 4.12. The number of nitrogens with zero attached hydrogens (tertiary/aromatic N) is 1. The van der Waals surface area contributed by atoms with Crippen molar-refractivity contribution in [3.8, 4) is 0 Å². The van der Waals surface area contributed by atoms with Gasteiger partial charge in [-0.3, -0.25) is 9.36 Å². The van der Waals surface area contributed by atoms with Gasteiger partial charge in [0.25, 0.3) is 0 Å². The van der Waals surface area contributed by atoms with Crippen molar-refractivity contribution >= 4 is 17.3 Å². The fourth-order valence-electron chi connectivity index (χ4n) is 1.13. The standard InChI is InChI=1S/C8H6F3NO3S/c1-2-3-12-5(8(9,10)11)4(6(13)14)16-7(12)15/h2H,1,3H2,(H,13,14). The van der Waals surface area contributed by atoms with Crippen LogP contribution in [0.1, 0.15) is 15.4 Å². The molecule has 0 bridgehead atoms. The van der Waals surface area contributed by atoms with Crippen LogP contribution in [-0.4, -0.2) is 15.6 Å². The lowest BCUT2D eigenvalue weighted by atomic mass is 10.3. The molecule has 8 heteroatoms. The van der Waals surface area contributed by atoms with Crippen molar-refractivity contribution < 1.29 is 23.1 Å². The van der Waals surface area contributed by atoms with E-state index in [0.717, 1.165) is 6.08 Å². The maximum atomic E-state index is 12.6. The molecule has 1 rings (SSSR count). The molecule has 0 aliphatic carbocycles. The average Bonchev–Trinajstić information content (AvgIpc) is 2.44. The summed E-state index contributed by atoms with van der Waals surface area (Å²) in [5.74, 6) is -1.77. The zero-order valence-electron chi connectivity index (χ0n) is 7.74. The van der Waals surface area contributed by atoms with Crippen molar-refractivity contribution in [2.45, 2.75) is 12.7 Å². The second-order valence-electron chi connectivity index (χ2n) is 2.75. The molecule has 16 heavy (non-hydrogen) atoms. The maximum absolute atomic E-state index is 12.6. The molecule has 0 fully saturated rings. The fourth-order valence-corrected chi connectivity index (χ4v) is 1.99. The minimum atomic E-state index is -4.88. The number of aromatic nitrogens is 1. The first kappa shape index (κ1) is 12.5. The van der Waals surface area contributed by atoms with Crippen LogP contribution in [0.3, 0.4) is 0 Å². The summed E-state index contributed by atoms with van der Waals surface area (Å²) in [6.07, 6.45) is -3.79. The SMILES string of the molecule is C=CCn1c(C(F)(F)F)c(C(=O)O)sc1=O. The highest BCUT2D eigenvalue weighted by Gasteiger charge is 2.41. The van der Waals surface area contributed by atoms with Crippen LogP contribution in [0, 0.1) is 0 Å². The van der Waals surface area contributed by atoms with E-state index in [2.05, 4.69) is 6.58 Å². The third-order valence-electron chi connectivity index (χ3n) is 1.67. The van der Waals surface area contributed by atoms with Crippen molar-refractivity contribution in [3.05, 3.63) is 32.9 Å². The van der Waals surface area contributed by atoms with Crippen LogP contribution in [0.2, 0.25) is 0 Å². The Kier molecular flexibility index (Phi) is 3.22. The lowest BCUT2D eigenvalue weighted by molar-refractivity contribution is -0.143. The molecular weight excluding hydrogens is 247 g/mol. The van der Waals surface area contributed by atoms with Gasteiger partial charge in [0.15, 0.2) is 5.69 Å². The zero-order valence-corrected chi connectivity index (χ0v) is 8.56. The van der Waals surface area contributed by atoms with Crippen molar-refractivity contribution in [2.75, 3.05) is 0 Å². The first-order valence-corrected chi connectivity index (χ1v) is 4.75. The molecule has 0 radical (unpaired) electrons. The zero-order chi connectivity index (χ0) is 12.5. The Morgan fingerprint density at radius 1 is 1.56 bits per heavy atom. The molecule has 0 aromatic carbocycles. The Morgan fingerprint density at radius 3 is 2.50 bits per heavy atom. The minimum Gasteiger partial charge on any atom is -0.477 e. The van der Waals surface area contributed by atoms with E-state index >= 15 is 0 Å². The molecule has 0 spiro atoms. The molecular formula is C8H6F3NO3S. The molecule has 0 unspecified atom stereocenters. The van der Waals surface area contributed by atoms with Gasteiger partial charge in [-0.05, 0) is 0 Å². The number of hydrogen-bond acceptors (Lipinski definition) is 3. The summed E-state index contributed by atoms with van der Waals surface area (Å²) in [6, 6.07) is 0. The molecule has 4 nitrogen and oxygen atoms in total. The number of carbonyl (C=O) groups is 1. The van der Waals surface area contributed by atoms with E-state index < -0.39 is 27.6 Å². The molecule has 0 aliphatic heterocycles. The van der Waals surface area contributed by atoms with E-state index in [1.54, 1.807) is 0 Å². The average molecular weight is 253 g/mol. The lowest BCUT2D eigenvalue weighted by Crippen LogP contribution is -2.22. The van der Waals surface area contributed by atoms with Crippen molar-refractivity contribution in [1.82, 2.24) is 4.57 Å². The van der Waals surface area contributed by atoms with Crippen molar-refractivity contribution in [1.29, 1.82) is 0 Å². The van der Waals surface area contributed by atoms with E-state index in [1.807, 2.05) is 0 Å². The highest BCUT2D eigenvalue weighted by atomic mass is 32.1. The summed E-state index contributed by atoms with van der Waals surface area (Å²) >= 11 is 0.0560. The number of thiazole rings is 1. The topological polar surface area (TPSA) is 59.3 Å². The largest absolute Gasteiger partial charge is 0.477 e. The van der Waals surface area contributed by atoms with Gasteiger partial charge in [0.2, 0.25) is 0 Å². The number of allylic oxidation sites excluding steroid dienone is 1. The molecule has 1 aromatic heterocycles. The predicted octanol–water partition coefficient (Wildman–Crippen LogP) is 1.81. The summed E-state index contributed by atoms with van der Waals surface area (Å²) in [5, 5.41) is 8.57. The third-order valence-corrected chi connectivity index (χ3v) is 2.64. The van der Waals surface area contributed by atoms with Gasteiger partial charge >= 0.3 is 17.0 Å². The molecule has 0 amide bonds. The first-order valence-electron chi connectivity index (χ1n) is 3.94. The summed E-state index contributed by atoms with van der Waals surface area (Å²) in [7, 11) is 0. The van der Waals surface area contributed by atoms with Crippen molar-refractivity contribution in [3.63, 3.8) is 0 Å². The molecule has 0 aliphatic rings.